The molecular weight excluding hydrogens is 328 g/mol. The molecule has 24 heavy (non-hydrogen) atoms. The van der Waals surface area contributed by atoms with Gasteiger partial charge in [0.05, 0.1) is 23.8 Å². The largest absolute Gasteiger partial charge is 0.466 e. The summed E-state index contributed by atoms with van der Waals surface area (Å²) < 4.78 is 30.9. The molecule has 5 nitrogen and oxygen atoms in total. The van der Waals surface area contributed by atoms with E-state index in [-0.39, 0.29) is 17.9 Å². The van der Waals surface area contributed by atoms with E-state index in [1.165, 1.54) is 12.1 Å². The smallest absolute Gasteiger partial charge is 0.306 e. The normalized spacial score (nSPS) is 25.0. The lowest BCUT2D eigenvalue weighted by Crippen LogP contribution is -2.35. The Hall–Kier alpha value is -1.69. The number of Topliss-reactive ketones (excluding diaryl/α,β-unsaturated/α-hetero) is 1. The van der Waals surface area contributed by atoms with Gasteiger partial charge in [0.15, 0.2) is 15.6 Å². The van der Waals surface area contributed by atoms with E-state index in [0.717, 1.165) is 0 Å². The number of fused-ring (bicyclic) bond motifs is 1. The third-order valence-corrected chi connectivity index (χ3v) is 6.38. The first-order valence-corrected chi connectivity index (χ1v) is 9.25. The third-order valence-electron chi connectivity index (χ3n) is 4.24. The van der Waals surface area contributed by atoms with Gasteiger partial charge in [0.1, 0.15) is 5.25 Å². The number of ether oxygens (including phenoxy) is 1. The van der Waals surface area contributed by atoms with Crippen LogP contribution in [-0.2, 0) is 24.2 Å². The van der Waals surface area contributed by atoms with Gasteiger partial charge in [-0.05, 0) is 44.2 Å². The molecule has 6 heteroatoms. The molecule has 0 aromatic heterocycles. The molecule has 5 radical (unpaired) electrons. The Kier molecular flexibility index (Phi) is 4.76. The summed E-state index contributed by atoms with van der Waals surface area (Å²) in [7, 11) is -3.89. The summed E-state index contributed by atoms with van der Waals surface area (Å²) in [5.41, 5.74) is 0. The summed E-state index contributed by atoms with van der Waals surface area (Å²) in [5, 5.41) is -1.28. The van der Waals surface area contributed by atoms with E-state index in [4.69, 9.17) is 4.74 Å². The molecule has 2 fully saturated rings. The zero-order chi connectivity index (χ0) is 17.3. The van der Waals surface area contributed by atoms with Crippen molar-refractivity contribution in [3.63, 3.8) is 0 Å². The second-order valence-corrected chi connectivity index (χ2v) is 7.72. The molecule has 2 saturated carbocycles. The minimum absolute atomic E-state index is 0.0855. The molecule has 0 heterocycles. The first kappa shape index (κ1) is 17.1. The predicted octanol–water partition coefficient (Wildman–Crippen LogP) is 1.76. The average Bonchev–Trinajstić information content (AvgIpc) is 3.12. The fraction of sp³-hybridized carbons (Fsp3) is 0.278. The van der Waals surface area contributed by atoms with Gasteiger partial charge in [0.25, 0.3) is 0 Å². The molecule has 1 aromatic rings. The number of sulfone groups is 1. The topological polar surface area (TPSA) is 77.5 Å². The molecule has 0 N–H and O–H groups in total. The van der Waals surface area contributed by atoms with Crippen molar-refractivity contribution in [2.24, 2.45) is 5.92 Å². The Morgan fingerprint density at radius 3 is 2.54 bits per heavy atom. The summed E-state index contributed by atoms with van der Waals surface area (Å²) in [4.78, 5) is 24.7. The van der Waals surface area contributed by atoms with Gasteiger partial charge in [-0.25, -0.2) is 8.42 Å². The molecule has 3 rings (SSSR count). The number of ketones is 1. The highest BCUT2D eigenvalue weighted by atomic mass is 32.2. The van der Waals surface area contributed by atoms with Crippen molar-refractivity contribution in [2.75, 3.05) is 6.61 Å². The highest BCUT2D eigenvalue weighted by Gasteiger charge is 2.58. The zero-order valence-electron chi connectivity index (χ0n) is 13.1. The molecule has 2 atom stereocenters. The maximum atomic E-state index is 13.0. The van der Waals surface area contributed by atoms with Gasteiger partial charge < -0.3 is 4.74 Å². The molecule has 0 amide bonds. The quantitative estimate of drug-likeness (QED) is 0.760. The molecule has 2 aliphatic carbocycles. The maximum Gasteiger partial charge on any atom is 0.306 e. The number of esters is 1. The molecule has 2 aliphatic rings. The molecule has 125 valence electrons. The maximum absolute atomic E-state index is 13.0. The second-order valence-electron chi connectivity index (χ2n) is 5.65. The molecule has 0 saturated heterocycles. The zero-order valence-corrected chi connectivity index (χ0v) is 14.0. The number of hydrogen-bond donors (Lipinski definition) is 0. The minimum atomic E-state index is -3.89. The van der Waals surface area contributed by atoms with Crippen molar-refractivity contribution in [1.82, 2.24) is 0 Å². The van der Waals surface area contributed by atoms with E-state index in [0.29, 0.717) is 11.8 Å². The van der Waals surface area contributed by atoms with Gasteiger partial charge >= 0.3 is 5.97 Å². The van der Waals surface area contributed by atoms with Crippen LogP contribution in [-0.4, -0.2) is 32.0 Å². The summed E-state index contributed by atoms with van der Waals surface area (Å²) in [5.74, 6) is -0.677. The summed E-state index contributed by atoms with van der Waals surface area (Å²) >= 11 is 0. The lowest BCUT2D eigenvalue weighted by atomic mass is 9.89. The Morgan fingerprint density at radius 2 is 1.88 bits per heavy atom. The van der Waals surface area contributed by atoms with Crippen molar-refractivity contribution >= 4 is 21.6 Å². The first-order chi connectivity index (χ1) is 11.5. The van der Waals surface area contributed by atoms with E-state index in [1.807, 2.05) is 0 Å². The summed E-state index contributed by atoms with van der Waals surface area (Å²) in [6.45, 7) is 1.90. The van der Waals surface area contributed by atoms with Crippen molar-refractivity contribution in [2.45, 2.75) is 23.5 Å². The number of rotatable bonds is 5. The second kappa shape index (κ2) is 6.67. The van der Waals surface area contributed by atoms with Crippen LogP contribution < -0.4 is 0 Å². The summed E-state index contributed by atoms with van der Waals surface area (Å²) in [6.07, 6.45) is 4.88. The van der Waals surface area contributed by atoms with Crippen molar-refractivity contribution in [3.05, 3.63) is 61.4 Å². The van der Waals surface area contributed by atoms with Crippen LogP contribution in [0.15, 0.2) is 35.2 Å². The van der Waals surface area contributed by atoms with Crippen LogP contribution in [0.2, 0.25) is 0 Å². The van der Waals surface area contributed by atoms with E-state index < -0.39 is 32.8 Å². The Morgan fingerprint density at radius 1 is 1.17 bits per heavy atom. The Balaban J connectivity index is 1.97. The monoisotopic (exact) mass is 345 g/mol. The van der Waals surface area contributed by atoms with Gasteiger partial charge in [-0.1, -0.05) is 18.2 Å². The third kappa shape index (κ3) is 2.88. The van der Waals surface area contributed by atoms with Crippen LogP contribution in [0.25, 0.3) is 0 Å². The minimum Gasteiger partial charge on any atom is -0.466 e. The molecule has 0 bridgehead atoms. The van der Waals surface area contributed by atoms with Crippen molar-refractivity contribution < 1.29 is 22.7 Å². The van der Waals surface area contributed by atoms with E-state index in [9.17, 15) is 18.0 Å². The van der Waals surface area contributed by atoms with Crippen LogP contribution in [0.5, 0.6) is 0 Å². The molecule has 0 spiro atoms. The number of carbonyl (C=O) groups excluding carboxylic acids is 2. The van der Waals surface area contributed by atoms with Gasteiger partial charge in [0.2, 0.25) is 0 Å². The Bertz CT molecular complexity index is 725. The lowest BCUT2D eigenvalue weighted by molar-refractivity contribution is -0.143. The van der Waals surface area contributed by atoms with E-state index in [1.54, 1.807) is 44.4 Å². The number of hydrogen-bond acceptors (Lipinski definition) is 5. The van der Waals surface area contributed by atoms with Crippen LogP contribution in [0.1, 0.15) is 13.3 Å². The van der Waals surface area contributed by atoms with Crippen molar-refractivity contribution in [1.29, 1.82) is 0 Å². The fourth-order valence-electron chi connectivity index (χ4n) is 3.21. The van der Waals surface area contributed by atoms with Gasteiger partial charge in [-0.2, -0.15) is 0 Å². The van der Waals surface area contributed by atoms with Gasteiger partial charge in [-0.15, -0.1) is 0 Å². The van der Waals surface area contributed by atoms with Crippen LogP contribution in [0.3, 0.4) is 0 Å². The molecular formula is C18H17O5S. The lowest BCUT2D eigenvalue weighted by Gasteiger charge is -2.21. The SMILES string of the molecule is CCOC(=O)C[C@@H]1[C]2[CH][CH][CH][C]2C(=O)C1S(=O)(=O)c1ccccc1. The van der Waals surface area contributed by atoms with E-state index >= 15 is 0 Å². The standard InChI is InChI=1S/C18H17O5S/c1-2-23-16(19)11-15-13-9-6-10-14(13)17(20)18(15)24(21,22)12-7-4-3-5-8-12/h3-10,15,18H,2,11H2,1H3/t15-,18?/m1/s1. The van der Waals surface area contributed by atoms with Gasteiger partial charge in [-0.3, -0.25) is 9.59 Å². The van der Waals surface area contributed by atoms with Crippen LogP contribution in [0.4, 0.5) is 0 Å². The number of benzene rings is 1. The van der Waals surface area contributed by atoms with Crippen LogP contribution >= 0.6 is 0 Å². The molecule has 1 unspecified atom stereocenters. The van der Waals surface area contributed by atoms with Crippen molar-refractivity contribution in [3.8, 4) is 0 Å². The van der Waals surface area contributed by atoms with Gasteiger partial charge in [0, 0.05) is 5.92 Å². The van der Waals surface area contributed by atoms with E-state index in [2.05, 4.69) is 0 Å². The number of carbonyl (C=O) groups is 2. The summed E-state index contributed by atoms with van der Waals surface area (Å²) in [6, 6.07) is 7.86. The first-order valence-electron chi connectivity index (χ1n) is 7.71. The highest BCUT2D eigenvalue weighted by Crippen LogP contribution is 2.51. The fourth-order valence-corrected chi connectivity index (χ4v) is 5.13. The highest BCUT2D eigenvalue weighted by molar-refractivity contribution is 7.93. The van der Waals surface area contributed by atoms with Crippen LogP contribution in [0, 0.1) is 37.0 Å². The average molecular weight is 345 g/mol. The Labute approximate surface area is 142 Å². The molecule has 0 aliphatic heterocycles. The molecule has 1 aromatic carbocycles. The predicted molar refractivity (Wildman–Crippen MR) is 86.5 cm³/mol.